The Morgan fingerprint density at radius 1 is 1.42 bits per heavy atom. The molecule has 100 valence electrons. The Hall–Kier alpha value is -1.53. The van der Waals surface area contributed by atoms with Crippen molar-refractivity contribution < 1.29 is 4.79 Å². The van der Waals surface area contributed by atoms with Crippen LogP contribution in [0.4, 0.5) is 0 Å². The number of nitrogens with two attached hydrogens (primary N) is 1. The highest BCUT2D eigenvalue weighted by Crippen LogP contribution is 2.29. The summed E-state index contributed by atoms with van der Waals surface area (Å²) in [7, 11) is 1.83. The van der Waals surface area contributed by atoms with Crippen molar-refractivity contribution in [3.05, 3.63) is 29.3 Å². The van der Waals surface area contributed by atoms with Crippen LogP contribution in [0.1, 0.15) is 6.92 Å². The number of nitrogens with zero attached hydrogens (tertiary/aromatic N) is 3. The van der Waals surface area contributed by atoms with Gasteiger partial charge in [-0.15, -0.1) is 10.2 Å². The highest BCUT2D eigenvalue weighted by Gasteiger charge is 2.18. The second-order valence-corrected chi connectivity index (χ2v) is 5.72. The third-order valence-corrected chi connectivity index (χ3v) is 4.11. The number of thioether (sulfide) groups is 1. The number of halogens is 1. The van der Waals surface area contributed by atoms with E-state index in [1.807, 2.05) is 25.2 Å². The van der Waals surface area contributed by atoms with Gasteiger partial charge in [0.25, 0.3) is 0 Å². The molecule has 0 unspecified atom stereocenters. The number of carbonyl (C=O) groups excluding carboxylic acids is 1. The summed E-state index contributed by atoms with van der Waals surface area (Å²) in [5, 5.41) is 9.06. The molecule has 1 aromatic carbocycles. The van der Waals surface area contributed by atoms with Gasteiger partial charge in [0.15, 0.2) is 11.0 Å². The van der Waals surface area contributed by atoms with Gasteiger partial charge >= 0.3 is 0 Å². The molecule has 0 radical (unpaired) electrons. The number of hydrogen-bond donors (Lipinski definition) is 1. The summed E-state index contributed by atoms with van der Waals surface area (Å²) in [5.74, 6) is 0.275. The fourth-order valence-electron chi connectivity index (χ4n) is 1.51. The lowest BCUT2D eigenvalue weighted by molar-refractivity contribution is -0.117. The van der Waals surface area contributed by atoms with Gasteiger partial charge in [0.05, 0.1) is 10.3 Å². The van der Waals surface area contributed by atoms with Gasteiger partial charge in [-0.2, -0.15) is 0 Å². The van der Waals surface area contributed by atoms with Gasteiger partial charge < -0.3 is 10.3 Å². The van der Waals surface area contributed by atoms with Crippen molar-refractivity contribution in [2.75, 3.05) is 0 Å². The predicted octanol–water partition coefficient (Wildman–Crippen LogP) is 2.10. The molecule has 19 heavy (non-hydrogen) atoms. The van der Waals surface area contributed by atoms with E-state index in [0.717, 1.165) is 5.56 Å². The summed E-state index contributed by atoms with van der Waals surface area (Å²) in [4.78, 5) is 11.1. The molecule has 0 aliphatic rings. The summed E-state index contributed by atoms with van der Waals surface area (Å²) < 4.78 is 1.80. The average molecular weight is 297 g/mol. The number of hydrogen-bond acceptors (Lipinski definition) is 4. The molecular weight excluding hydrogens is 284 g/mol. The van der Waals surface area contributed by atoms with E-state index in [1.165, 1.54) is 11.8 Å². The third kappa shape index (κ3) is 2.90. The summed E-state index contributed by atoms with van der Waals surface area (Å²) in [6, 6.07) is 7.41. The second-order valence-electron chi connectivity index (χ2n) is 4.01. The highest BCUT2D eigenvalue weighted by atomic mass is 35.5. The Kier molecular flexibility index (Phi) is 4.11. The Balaban J connectivity index is 2.34. The van der Waals surface area contributed by atoms with Crippen LogP contribution in [0.3, 0.4) is 0 Å². The van der Waals surface area contributed by atoms with Gasteiger partial charge in [-0.05, 0) is 19.1 Å². The highest BCUT2D eigenvalue weighted by molar-refractivity contribution is 8.00. The monoisotopic (exact) mass is 296 g/mol. The van der Waals surface area contributed by atoms with Crippen LogP contribution in [-0.2, 0) is 11.8 Å². The smallest absolute Gasteiger partial charge is 0.230 e. The fraction of sp³-hybridized carbons (Fsp3) is 0.250. The number of primary amides is 1. The molecular formula is C12H13ClN4OS. The molecule has 1 aromatic heterocycles. The standard InChI is InChI=1S/C12H13ClN4OS/c1-7(10(14)18)19-12-16-15-11(17(12)2)8-5-3-4-6-9(8)13/h3-7H,1-2H3,(H2,14,18)/t7-/m0/s1. The average Bonchev–Trinajstić information content (AvgIpc) is 2.72. The quantitative estimate of drug-likeness (QED) is 0.877. The molecule has 0 aliphatic heterocycles. The van der Waals surface area contributed by atoms with E-state index in [2.05, 4.69) is 10.2 Å². The van der Waals surface area contributed by atoms with Crippen LogP contribution in [0.15, 0.2) is 29.4 Å². The molecule has 1 atom stereocenters. The largest absolute Gasteiger partial charge is 0.369 e. The van der Waals surface area contributed by atoms with Crippen molar-refractivity contribution in [2.45, 2.75) is 17.3 Å². The summed E-state index contributed by atoms with van der Waals surface area (Å²) in [5.41, 5.74) is 6.04. The van der Waals surface area contributed by atoms with Gasteiger partial charge in [0.2, 0.25) is 5.91 Å². The number of rotatable bonds is 4. The van der Waals surface area contributed by atoms with Crippen LogP contribution in [0.5, 0.6) is 0 Å². The molecule has 0 aliphatic carbocycles. The van der Waals surface area contributed by atoms with E-state index >= 15 is 0 Å². The maximum absolute atomic E-state index is 11.1. The molecule has 1 amide bonds. The molecule has 0 spiro atoms. The van der Waals surface area contributed by atoms with Crippen molar-refractivity contribution in [1.29, 1.82) is 0 Å². The third-order valence-electron chi connectivity index (χ3n) is 2.63. The fourth-order valence-corrected chi connectivity index (χ4v) is 2.50. The lowest BCUT2D eigenvalue weighted by Crippen LogP contribution is -2.22. The number of aromatic nitrogens is 3. The van der Waals surface area contributed by atoms with Gasteiger partial charge in [0.1, 0.15) is 0 Å². The van der Waals surface area contributed by atoms with Gasteiger partial charge in [-0.1, -0.05) is 35.5 Å². The molecule has 1 heterocycles. The van der Waals surface area contributed by atoms with Crippen molar-refractivity contribution in [2.24, 2.45) is 12.8 Å². The SMILES string of the molecule is C[C@H](Sc1nnc(-c2ccccc2Cl)n1C)C(N)=O. The van der Waals surface area contributed by atoms with Crippen LogP contribution in [0.2, 0.25) is 5.02 Å². The minimum Gasteiger partial charge on any atom is -0.369 e. The predicted molar refractivity (Wildman–Crippen MR) is 76.0 cm³/mol. The minimum absolute atomic E-state index is 0.359. The lowest BCUT2D eigenvalue weighted by atomic mass is 10.2. The molecule has 0 fully saturated rings. The van der Waals surface area contributed by atoms with E-state index in [4.69, 9.17) is 17.3 Å². The van der Waals surface area contributed by atoms with Crippen molar-refractivity contribution in [3.63, 3.8) is 0 Å². The van der Waals surface area contributed by atoms with Crippen LogP contribution in [0.25, 0.3) is 11.4 Å². The molecule has 5 nitrogen and oxygen atoms in total. The number of carbonyl (C=O) groups is 1. The number of benzene rings is 1. The summed E-state index contributed by atoms with van der Waals surface area (Å²) in [6.07, 6.45) is 0. The first-order valence-electron chi connectivity index (χ1n) is 5.61. The minimum atomic E-state index is -0.382. The number of amides is 1. The summed E-state index contributed by atoms with van der Waals surface area (Å²) in [6.45, 7) is 1.73. The zero-order chi connectivity index (χ0) is 14.0. The first-order chi connectivity index (χ1) is 9.00. The molecule has 2 aromatic rings. The van der Waals surface area contributed by atoms with E-state index in [0.29, 0.717) is 16.0 Å². The van der Waals surface area contributed by atoms with Crippen LogP contribution in [-0.4, -0.2) is 25.9 Å². The van der Waals surface area contributed by atoms with Gasteiger partial charge in [-0.3, -0.25) is 4.79 Å². The van der Waals surface area contributed by atoms with Crippen molar-refractivity contribution >= 4 is 29.3 Å². The van der Waals surface area contributed by atoms with Gasteiger partial charge in [-0.25, -0.2) is 0 Å². The zero-order valence-electron chi connectivity index (χ0n) is 10.5. The Bertz CT molecular complexity index is 614. The Morgan fingerprint density at radius 2 is 2.11 bits per heavy atom. The Morgan fingerprint density at radius 3 is 2.74 bits per heavy atom. The lowest BCUT2D eigenvalue weighted by Gasteiger charge is -2.07. The first kappa shape index (κ1) is 13.9. The first-order valence-corrected chi connectivity index (χ1v) is 6.86. The molecule has 7 heteroatoms. The molecule has 2 rings (SSSR count). The maximum Gasteiger partial charge on any atom is 0.230 e. The van der Waals surface area contributed by atoms with Crippen molar-refractivity contribution in [1.82, 2.24) is 14.8 Å². The Labute approximate surface area is 120 Å². The topological polar surface area (TPSA) is 73.8 Å². The van der Waals surface area contributed by atoms with E-state index in [-0.39, 0.29) is 11.2 Å². The zero-order valence-corrected chi connectivity index (χ0v) is 12.1. The normalized spacial score (nSPS) is 12.4. The van der Waals surface area contributed by atoms with E-state index in [9.17, 15) is 4.79 Å². The van der Waals surface area contributed by atoms with E-state index < -0.39 is 0 Å². The van der Waals surface area contributed by atoms with Crippen molar-refractivity contribution in [3.8, 4) is 11.4 Å². The molecule has 0 saturated heterocycles. The molecule has 2 N–H and O–H groups in total. The van der Waals surface area contributed by atoms with Crippen LogP contribution < -0.4 is 5.73 Å². The van der Waals surface area contributed by atoms with Crippen LogP contribution >= 0.6 is 23.4 Å². The maximum atomic E-state index is 11.1. The molecule has 0 bridgehead atoms. The molecule has 0 saturated carbocycles. The van der Waals surface area contributed by atoms with E-state index in [1.54, 1.807) is 17.6 Å². The van der Waals surface area contributed by atoms with Gasteiger partial charge in [0, 0.05) is 12.6 Å². The second kappa shape index (κ2) is 5.63. The van der Waals surface area contributed by atoms with Crippen LogP contribution in [0, 0.1) is 0 Å². The summed E-state index contributed by atoms with van der Waals surface area (Å²) >= 11 is 7.41.